The van der Waals surface area contributed by atoms with Gasteiger partial charge in [0.2, 0.25) is 0 Å². The lowest BCUT2D eigenvalue weighted by molar-refractivity contribution is -0.0736. The van der Waals surface area contributed by atoms with E-state index >= 15 is 0 Å². The Labute approximate surface area is 80.2 Å². The maximum absolute atomic E-state index is 5.97. The van der Waals surface area contributed by atoms with E-state index in [9.17, 15) is 0 Å². The molecule has 0 radical (unpaired) electrons. The van der Waals surface area contributed by atoms with Crippen LogP contribution in [-0.2, 0) is 4.74 Å². The molecule has 0 amide bonds. The summed E-state index contributed by atoms with van der Waals surface area (Å²) < 4.78 is 5.97. The van der Waals surface area contributed by atoms with Gasteiger partial charge in [-0.15, -0.1) is 0 Å². The molecule has 3 rings (SSSR count). The Bertz CT molecular complexity index is 224. The molecule has 0 aromatic heterocycles. The standard InChI is InChI=1S/C11H19NO/c1-8(2)11-5-10(6-13-11)12(7-11)9-3-4-9/h8-10H,3-7H2,1-2H3/t10-,11-/m0/s1. The number of nitrogens with zero attached hydrogens (tertiary/aromatic N) is 1. The van der Waals surface area contributed by atoms with Crippen LogP contribution < -0.4 is 0 Å². The molecule has 2 bridgehead atoms. The molecule has 0 spiro atoms. The third-order valence-corrected chi connectivity index (χ3v) is 4.13. The maximum atomic E-state index is 5.97. The summed E-state index contributed by atoms with van der Waals surface area (Å²) >= 11 is 0. The lowest BCUT2D eigenvalue weighted by Gasteiger charge is -2.35. The van der Waals surface area contributed by atoms with Crippen LogP contribution in [-0.4, -0.2) is 35.7 Å². The summed E-state index contributed by atoms with van der Waals surface area (Å²) in [4.78, 5) is 2.71. The summed E-state index contributed by atoms with van der Waals surface area (Å²) in [5.41, 5.74) is 0.229. The Morgan fingerprint density at radius 3 is 2.62 bits per heavy atom. The van der Waals surface area contributed by atoms with Crippen LogP contribution in [0.3, 0.4) is 0 Å². The van der Waals surface area contributed by atoms with E-state index in [1.54, 1.807) is 0 Å². The first-order valence-corrected chi connectivity index (χ1v) is 5.61. The van der Waals surface area contributed by atoms with Crippen molar-refractivity contribution in [2.75, 3.05) is 13.2 Å². The lowest BCUT2D eigenvalue weighted by Crippen LogP contribution is -2.46. The van der Waals surface area contributed by atoms with Crippen molar-refractivity contribution < 1.29 is 4.74 Å². The van der Waals surface area contributed by atoms with Gasteiger partial charge in [0.15, 0.2) is 0 Å². The zero-order valence-corrected chi connectivity index (χ0v) is 8.62. The maximum Gasteiger partial charge on any atom is 0.0848 e. The number of morpholine rings is 1. The van der Waals surface area contributed by atoms with Gasteiger partial charge in [-0.1, -0.05) is 13.8 Å². The van der Waals surface area contributed by atoms with Gasteiger partial charge in [-0.3, -0.25) is 4.90 Å². The van der Waals surface area contributed by atoms with Crippen LogP contribution in [0.15, 0.2) is 0 Å². The zero-order valence-electron chi connectivity index (χ0n) is 8.62. The highest BCUT2D eigenvalue weighted by molar-refractivity contribution is 5.08. The van der Waals surface area contributed by atoms with Crippen LogP contribution >= 0.6 is 0 Å². The van der Waals surface area contributed by atoms with Gasteiger partial charge in [0.05, 0.1) is 12.2 Å². The quantitative estimate of drug-likeness (QED) is 0.642. The largest absolute Gasteiger partial charge is 0.372 e. The zero-order chi connectivity index (χ0) is 9.05. The Balaban J connectivity index is 1.80. The topological polar surface area (TPSA) is 12.5 Å². The first-order chi connectivity index (χ1) is 6.21. The van der Waals surface area contributed by atoms with Gasteiger partial charge in [0.25, 0.3) is 0 Å². The molecule has 3 fully saturated rings. The van der Waals surface area contributed by atoms with Crippen molar-refractivity contribution in [3.63, 3.8) is 0 Å². The highest BCUT2D eigenvalue weighted by Crippen LogP contribution is 2.46. The van der Waals surface area contributed by atoms with Gasteiger partial charge < -0.3 is 4.74 Å². The molecule has 0 aromatic rings. The molecule has 2 heterocycles. The minimum atomic E-state index is 0.229. The predicted molar refractivity (Wildman–Crippen MR) is 51.7 cm³/mol. The summed E-state index contributed by atoms with van der Waals surface area (Å²) in [6.45, 7) is 6.81. The second-order valence-corrected chi connectivity index (χ2v) is 5.29. The number of fused-ring (bicyclic) bond motifs is 2. The molecule has 0 aromatic carbocycles. The van der Waals surface area contributed by atoms with Crippen molar-refractivity contribution in [1.29, 1.82) is 0 Å². The number of likely N-dealkylation sites (tertiary alicyclic amines) is 1. The molecule has 0 unspecified atom stereocenters. The molecule has 2 nitrogen and oxygen atoms in total. The van der Waals surface area contributed by atoms with Gasteiger partial charge in [-0.25, -0.2) is 0 Å². The third kappa shape index (κ3) is 1.08. The van der Waals surface area contributed by atoms with Crippen molar-refractivity contribution in [2.45, 2.75) is 50.8 Å². The second-order valence-electron chi connectivity index (χ2n) is 5.29. The Morgan fingerprint density at radius 1 is 1.31 bits per heavy atom. The van der Waals surface area contributed by atoms with Crippen molar-refractivity contribution in [3.8, 4) is 0 Å². The van der Waals surface area contributed by atoms with Crippen molar-refractivity contribution in [3.05, 3.63) is 0 Å². The van der Waals surface area contributed by atoms with Crippen LogP contribution in [0.5, 0.6) is 0 Å². The molecule has 74 valence electrons. The van der Waals surface area contributed by atoms with Crippen LogP contribution in [0.4, 0.5) is 0 Å². The van der Waals surface area contributed by atoms with Gasteiger partial charge in [0, 0.05) is 18.6 Å². The third-order valence-electron chi connectivity index (χ3n) is 4.13. The molecule has 2 atom stereocenters. The molecular formula is C11H19NO. The highest BCUT2D eigenvalue weighted by atomic mass is 16.5. The van der Waals surface area contributed by atoms with Crippen molar-refractivity contribution in [2.24, 2.45) is 5.92 Å². The van der Waals surface area contributed by atoms with Crippen LogP contribution in [0.25, 0.3) is 0 Å². The Morgan fingerprint density at radius 2 is 2.08 bits per heavy atom. The number of hydrogen-bond donors (Lipinski definition) is 0. The lowest BCUT2D eigenvalue weighted by atomic mass is 9.90. The number of hydrogen-bond acceptors (Lipinski definition) is 2. The summed E-state index contributed by atoms with van der Waals surface area (Å²) in [5, 5.41) is 0. The van der Waals surface area contributed by atoms with E-state index in [1.807, 2.05) is 0 Å². The summed E-state index contributed by atoms with van der Waals surface area (Å²) in [6.07, 6.45) is 4.16. The van der Waals surface area contributed by atoms with Crippen molar-refractivity contribution in [1.82, 2.24) is 4.90 Å². The Kier molecular flexibility index (Phi) is 1.58. The van der Waals surface area contributed by atoms with Gasteiger partial charge in [0.1, 0.15) is 0 Å². The number of rotatable bonds is 2. The average Bonchev–Trinajstić information content (AvgIpc) is 2.77. The smallest absolute Gasteiger partial charge is 0.0848 e. The SMILES string of the molecule is CC(C)[C@@]12C[C@@H](CO1)N(C1CC1)C2. The molecule has 13 heavy (non-hydrogen) atoms. The van der Waals surface area contributed by atoms with E-state index in [0.717, 1.165) is 18.7 Å². The first kappa shape index (κ1) is 8.25. The van der Waals surface area contributed by atoms with Crippen molar-refractivity contribution >= 4 is 0 Å². The molecule has 0 N–H and O–H groups in total. The molecular weight excluding hydrogens is 162 g/mol. The Hall–Kier alpha value is -0.0800. The number of ether oxygens (including phenoxy) is 1. The molecule has 1 aliphatic carbocycles. The molecule has 2 aliphatic heterocycles. The minimum Gasteiger partial charge on any atom is -0.372 e. The van der Waals surface area contributed by atoms with E-state index in [-0.39, 0.29) is 5.60 Å². The van der Waals surface area contributed by atoms with Crippen LogP contribution in [0.2, 0.25) is 0 Å². The second kappa shape index (κ2) is 2.48. The fourth-order valence-electron chi connectivity index (χ4n) is 2.96. The van der Waals surface area contributed by atoms with Gasteiger partial charge >= 0.3 is 0 Å². The normalized spacial score (nSPS) is 45.0. The van der Waals surface area contributed by atoms with Gasteiger partial charge in [-0.05, 0) is 25.2 Å². The summed E-state index contributed by atoms with van der Waals surface area (Å²) in [5.74, 6) is 0.682. The van der Waals surface area contributed by atoms with Gasteiger partial charge in [-0.2, -0.15) is 0 Å². The minimum absolute atomic E-state index is 0.229. The van der Waals surface area contributed by atoms with E-state index in [0.29, 0.717) is 5.92 Å². The highest BCUT2D eigenvalue weighted by Gasteiger charge is 2.55. The fourth-order valence-corrected chi connectivity index (χ4v) is 2.96. The van der Waals surface area contributed by atoms with E-state index in [4.69, 9.17) is 4.74 Å². The molecule has 3 aliphatic rings. The predicted octanol–water partition coefficient (Wildman–Crippen LogP) is 1.65. The van der Waals surface area contributed by atoms with E-state index < -0.39 is 0 Å². The monoisotopic (exact) mass is 181 g/mol. The average molecular weight is 181 g/mol. The first-order valence-electron chi connectivity index (χ1n) is 5.61. The van der Waals surface area contributed by atoms with Crippen LogP contribution in [0, 0.1) is 5.92 Å². The van der Waals surface area contributed by atoms with Crippen LogP contribution in [0.1, 0.15) is 33.1 Å². The fraction of sp³-hybridized carbons (Fsp3) is 1.00. The summed E-state index contributed by atoms with van der Waals surface area (Å²) in [6, 6.07) is 1.68. The molecule has 1 saturated carbocycles. The summed E-state index contributed by atoms with van der Waals surface area (Å²) in [7, 11) is 0. The van der Waals surface area contributed by atoms with E-state index in [2.05, 4.69) is 18.7 Å². The van der Waals surface area contributed by atoms with E-state index in [1.165, 1.54) is 25.8 Å². The molecule has 2 heteroatoms. The molecule has 2 saturated heterocycles.